The number of ether oxygens (including phenoxy) is 1. The van der Waals surface area contributed by atoms with Gasteiger partial charge in [0.25, 0.3) is 0 Å². The molecule has 114 valence electrons. The maximum atomic E-state index is 5.84. The molecule has 3 rings (SSSR count). The van der Waals surface area contributed by atoms with Gasteiger partial charge >= 0.3 is 0 Å². The molecule has 1 fully saturated rings. The third-order valence-electron chi connectivity index (χ3n) is 4.21. The second-order valence-electron chi connectivity index (χ2n) is 5.72. The quantitative estimate of drug-likeness (QED) is 0.835. The summed E-state index contributed by atoms with van der Waals surface area (Å²) in [6, 6.07) is 18.0. The van der Waals surface area contributed by atoms with Crippen molar-refractivity contribution in [2.75, 3.05) is 0 Å². The van der Waals surface area contributed by atoms with Gasteiger partial charge < -0.3 is 15.8 Å². The Morgan fingerprint density at radius 2 is 1.55 bits per heavy atom. The van der Waals surface area contributed by atoms with Crippen LogP contribution in [-0.4, -0.2) is 5.11 Å². The summed E-state index contributed by atoms with van der Waals surface area (Å²) in [6.07, 6.45) is 4.50. The largest absolute Gasteiger partial charge is 0.457 e. The van der Waals surface area contributed by atoms with E-state index in [1.54, 1.807) is 0 Å². The van der Waals surface area contributed by atoms with Gasteiger partial charge in [-0.05, 0) is 54.9 Å². The van der Waals surface area contributed by atoms with Gasteiger partial charge in [-0.3, -0.25) is 0 Å². The van der Waals surface area contributed by atoms with Crippen LogP contribution in [0.5, 0.6) is 11.5 Å². The number of nitrogens with one attached hydrogen (secondary N) is 1. The van der Waals surface area contributed by atoms with Gasteiger partial charge in [0.2, 0.25) is 0 Å². The molecule has 0 spiro atoms. The molecule has 0 amide bonds. The van der Waals surface area contributed by atoms with Crippen molar-refractivity contribution in [3.63, 3.8) is 0 Å². The molecule has 22 heavy (non-hydrogen) atoms. The summed E-state index contributed by atoms with van der Waals surface area (Å²) < 4.78 is 5.84. The van der Waals surface area contributed by atoms with Gasteiger partial charge in [-0.25, -0.2) is 0 Å². The van der Waals surface area contributed by atoms with E-state index in [4.69, 9.17) is 22.7 Å². The van der Waals surface area contributed by atoms with Crippen molar-refractivity contribution < 1.29 is 4.74 Å². The molecule has 4 heteroatoms. The van der Waals surface area contributed by atoms with Crippen LogP contribution >= 0.6 is 12.2 Å². The van der Waals surface area contributed by atoms with Gasteiger partial charge in [0.1, 0.15) is 11.5 Å². The summed E-state index contributed by atoms with van der Waals surface area (Å²) >= 11 is 5.06. The van der Waals surface area contributed by atoms with Crippen LogP contribution in [0.1, 0.15) is 31.2 Å². The van der Waals surface area contributed by atoms with E-state index < -0.39 is 0 Å². The van der Waals surface area contributed by atoms with Crippen LogP contribution in [0, 0.1) is 0 Å². The Labute approximate surface area is 136 Å². The van der Waals surface area contributed by atoms with Gasteiger partial charge in [0.05, 0.1) is 5.54 Å². The van der Waals surface area contributed by atoms with Crippen LogP contribution in [0.15, 0.2) is 54.6 Å². The number of hydrogen-bond donors (Lipinski definition) is 2. The lowest BCUT2D eigenvalue weighted by molar-refractivity contribution is 0.406. The van der Waals surface area contributed by atoms with Crippen LogP contribution in [-0.2, 0) is 5.54 Å². The summed E-state index contributed by atoms with van der Waals surface area (Å²) in [4.78, 5) is 0. The number of thiocarbonyl (C=S) groups is 1. The SMILES string of the molecule is NC(=S)NC1(c2ccc(Oc3ccccc3)cc2)CCCC1. The fraction of sp³-hybridized carbons (Fsp3) is 0.278. The van der Waals surface area contributed by atoms with E-state index in [1.807, 2.05) is 42.5 Å². The van der Waals surface area contributed by atoms with E-state index in [0.717, 1.165) is 24.3 Å². The summed E-state index contributed by atoms with van der Waals surface area (Å²) in [5, 5.41) is 3.68. The molecular weight excluding hydrogens is 292 g/mol. The van der Waals surface area contributed by atoms with Gasteiger partial charge in [0.15, 0.2) is 5.11 Å². The zero-order valence-corrected chi connectivity index (χ0v) is 13.2. The molecule has 0 atom stereocenters. The highest BCUT2D eigenvalue weighted by molar-refractivity contribution is 7.80. The lowest BCUT2D eigenvalue weighted by atomic mass is 9.88. The molecule has 2 aromatic rings. The van der Waals surface area contributed by atoms with Crippen LogP contribution < -0.4 is 15.8 Å². The highest BCUT2D eigenvalue weighted by Crippen LogP contribution is 2.39. The normalized spacial score (nSPS) is 16.2. The predicted molar refractivity (Wildman–Crippen MR) is 93.0 cm³/mol. The molecule has 1 aliphatic carbocycles. The van der Waals surface area contributed by atoms with Gasteiger partial charge in [-0.2, -0.15) is 0 Å². The Balaban J connectivity index is 1.79. The lowest BCUT2D eigenvalue weighted by Crippen LogP contribution is -2.46. The lowest BCUT2D eigenvalue weighted by Gasteiger charge is -2.31. The average Bonchev–Trinajstić information content (AvgIpc) is 2.98. The Morgan fingerprint density at radius 3 is 2.14 bits per heavy atom. The van der Waals surface area contributed by atoms with E-state index in [9.17, 15) is 0 Å². The third-order valence-corrected chi connectivity index (χ3v) is 4.31. The number of benzene rings is 2. The van der Waals surface area contributed by atoms with Crippen molar-refractivity contribution >= 4 is 17.3 Å². The monoisotopic (exact) mass is 312 g/mol. The van der Waals surface area contributed by atoms with E-state index in [-0.39, 0.29) is 5.54 Å². The number of para-hydroxylation sites is 1. The fourth-order valence-electron chi connectivity index (χ4n) is 3.17. The first-order chi connectivity index (χ1) is 10.7. The Kier molecular flexibility index (Phi) is 4.29. The Hall–Kier alpha value is -2.07. The molecule has 2 aromatic carbocycles. The first-order valence-electron chi connectivity index (χ1n) is 7.59. The minimum absolute atomic E-state index is 0.114. The summed E-state index contributed by atoms with van der Waals surface area (Å²) in [7, 11) is 0. The number of hydrogen-bond acceptors (Lipinski definition) is 2. The van der Waals surface area contributed by atoms with E-state index in [0.29, 0.717) is 5.11 Å². The van der Waals surface area contributed by atoms with Crippen molar-refractivity contribution in [1.82, 2.24) is 5.32 Å². The van der Waals surface area contributed by atoms with Crippen molar-refractivity contribution in [2.45, 2.75) is 31.2 Å². The first-order valence-corrected chi connectivity index (χ1v) is 8.00. The van der Waals surface area contributed by atoms with Crippen LogP contribution in [0.25, 0.3) is 0 Å². The molecule has 3 N–H and O–H groups in total. The highest BCUT2D eigenvalue weighted by atomic mass is 32.1. The third kappa shape index (κ3) is 3.22. The van der Waals surface area contributed by atoms with E-state index >= 15 is 0 Å². The van der Waals surface area contributed by atoms with Crippen LogP contribution in [0.2, 0.25) is 0 Å². The second-order valence-corrected chi connectivity index (χ2v) is 6.16. The van der Waals surface area contributed by atoms with Crippen LogP contribution in [0.4, 0.5) is 0 Å². The number of nitrogens with two attached hydrogens (primary N) is 1. The molecule has 0 bridgehead atoms. The Morgan fingerprint density at radius 1 is 0.955 bits per heavy atom. The molecule has 1 saturated carbocycles. The fourth-order valence-corrected chi connectivity index (χ4v) is 3.36. The molecule has 0 saturated heterocycles. The summed E-state index contributed by atoms with van der Waals surface area (Å²) in [6.45, 7) is 0. The first kappa shape index (κ1) is 14.9. The molecule has 0 heterocycles. The summed E-state index contributed by atoms with van der Waals surface area (Å²) in [5.41, 5.74) is 6.83. The molecule has 0 radical (unpaired) electrons. The van der Waals surface area contributed by atoms with E-state index in [2.05, 4.69) is 17.4 Å². The average molecular weight is 312 g/mol. The second kappa shape index (κ2) is 6.36. The zero-order valence-electron chi connectivity index (χ0n) is 12.4. The Bertz CT molecular complexity index is 634. The maximum absolute atomic E-state index is 5.84. The van der Waals surface area contributed by atoms with Crippen LogP contribution in [0.3, 0.4) is 0 Å². The molecule has 0 aliphatic heterocycles. The molecular formula is C18H20N2OS. The molecule has 0 aromatic heterocycles. The minimum atomic E-state index is -0.114. The van der Waals surface area contributed by atoms with Crippen molar-refractivity contribution in [3.05, 3.63) is 60.2 Å². The van der Waals surface area contributed by atoms with Gasteiger partial charge in [-0.15, -0.1) is 0 Å². The number of rotatable bonds is 4. The van der Waals surface area contributed by atoms with Gasteiger partial charge in [0, 0.05) is 0 Å². The predicted octanol–water partition coefficient (Wildman–Crippen LogP) is 4.08. The summed E-state index contributed by atoms with van der Waals surface area (Å²) in [5.74, 6) is 1.67. The molecule has 1 aliphatic rings. The molecule has 0 unspecified atom stereocenters. The maximum Gasteiger partial charge on any atom is 0.164 e. The standard InChI is InChI=1S/C18H20N2OS/c19-17(22)20-18(12-4-5-13-18)14-8-10-16(11-9-14)21-15-6-2-1-3-7-15/h1-3,6-11H,4-5,12-13H2,(H3,19,20,22). The van der Waals surface area contributed by atoms with Crippen molar-refractivity contribution in [3.8, 4) is 11.5 Å². The zero-order chi connectivity index (χ0) is 15.4. The van der Waals surface area contributed by atoms with Crippen molar-refractivity contribution in [2.24, 2.45) is 5.73 Å². The smallest absolute Gasteiger partial charge is 0.164 e. The van der Waals surface area contributed by atoms with E-state index in [1.165, 1.54) is 18.4 Å². The molecule has 3 nitrogen and oxygen atoms in total. The highest BCUT2D eigenvalue weighted by Gasteiger charge is 2.35. The van der Waals surface area contributed by atoms with Gasteiger partial charge in [-0.1, -0.05) is 43.2 Å². The minimum Gasteiger partial charge on any atom is -0.457 e. The topological polar surface area (TPSA) is 47.3 Å². The van der Waals surface area contributed by atoms with Crippen molar-refractivity contribution in [1.29, 1.82) is 0 Å².